The Hall–Kier alpha value is -1.47. The average molecular weight is 326 g/mol. The van der Waals surface area contributed by atoms with Gasteiger partial charge in [0, 0.05) is 37.8 Å². The van der Waals surface area contributed by atoms with Crippen LogP contribution in [0.2, 0.25) is 0 Å². The number of amides is 1. The Morgan fingerprint density at radius 3 is 2.73 bits per heavy atom. The summed E-state index contributed by atoms with van der Waals surface area (Å²) in [7, 11) is -3.33. The number of carbonyl (C=O) groups is 1. The maximum Gasteiger partial charge on any atom is 0.238 e. The molecule has 1 aliphatic rings. The van der Waals surface area contributed by atoms with E-state index in [2.05, 4.69) is 4.98 Å². The maximum absolute atomic E-state index is 12.4. The third-order valence-electron chi connectivity index (χ3n) is 3.71. The number of hydrogen-bond donors (Lipinski definition) is 0. The lowest BCUT2D eigenvalue weighted by atomic mass is 10.2. The molecule has 0 aromatic carbocycles. The van der Waals surface area contributed by atoms with Crippen LogP contribution in [-0.2, 0) is 25.9 Å². The standard InChI is InChI=1S/C15H22N2O4S/c1-2-22(19,20)12-15(18)17(11-14-4-3-9-21-14)10-13-5-7-16-8-6-13/h5-8,14H,2-4,9-12H2,1H3/t14-/m0/s1. The van der Waals surface area contributed by atoms with E-state index < -0.39 is 15.6 Å². The predicted octanol–water partition coefficient (Wildman–Crippen LogP) is 1.02. The molecule has 0 aliphatic carbocycles. The third kappa shape index (κ3) is 5.06. The second-order valence-corrected chi connectivity index (χ2v) is 7.79. The molecule has 0 spiro atoms. The summed E-state index contributed by atoms with van der Waals surface area (Å²) >= 11 is 0. The van der Waals surface area contributed by atoms with Crippen LogP contribution < -0.4 is 0 Å². The van der Waals surface area contributed by atoms with Crippen molar-refractivity contribution in [3.8, 4) is 0 Å². The number of ether oxygens (including phenoxy) is 1. The number of sulfone groups is 1. The minimum atomic E-state index is -3.33. The average Bonchev–Trinajstić information content (AvgIpc) is 3.00. The molecule has 2 heterocycles. The van der Waals surface area contributed by atoms with Gasteiger partial charge in [0.15, 0.2) is 9.84 Å². The molecule has 1 amide bonds. The van der Waals surface area contributed by atoms with Gasteiger partial charge in [0.2, 0.25) is 5.91 Å². The maximum atomic E-state index is 12.4. The van der Waals surface area contributed by atoms with Gasteiger partial charge in [0.05, 0.1) is 6.10 Å². The Balaban J connectivity index is 2.07. The van der Waals surface area contributed by atoms with Gasteiger partial charge in [-0.15, -0.1) is 0 Å². The highest BCUT2D eigenvalue weighted by Crippen LogP contribution is 2.15. The highest BCUT2D eigenvalue weighted by molar-refractivity contribution is 7.92. The monoisotopic (exact) mass is 326 g/mol. The zero-order valence-corrected chi connectivity index (χ0v) is 13.6. The molecule has 1 aromatic rings. The molecule has 1 fully saturated rings. The van der Waals surface area contributed by atoms with Crippen LogP contribution in [-0.4, -0.2) is 55.0 Å². The van der Waals surface area contributed by atoms with E-state index in [0.29, 0.717) is 19.7 Å². The molecule has 1 saturated heterocycles. The highest BCUT2D eigenvalue weighted by Gasteiger charge is 2.25. The summed E-state index contributed by atoms with van der Waals surface area (Å²) in [6, 6.07) is 3.65. The van der Waals surface area contributed by atoms with E-state index >= 15 is 0 Å². The summed E-state index contributed by atoms with van der Waals surface area (Å²) in [5, 5.41) is 0. The summed E-state index contributed by atoms with van der Waals surface area (Å²) in [6.45, 7) is 3.06. The summed E-state index contributed by atoms with van der Waals surface area (Å²) < 4.78 is 29.0. The van der Waals surface area contributed by atoms with Crippen LogP contribution in [0.15, 0.2) is 24.5 Å². The third-order valence-corrected chi connectivity index (χ3v) is 5.27. The molecule has 0 saturated carbocycles. The Kier molecular flexibility index (Phi) is 5.90. The van der Waals surface area contributed by atoms with Crippen LogP contribution >= 0.6 is 0 Å². The van der Waals surface area contributed by atoms with Gasteiger partial charge in [-0.2, -0.15) is 0 Å². The molecule has 6 nitrogen and oxygen atoms in total. The normalized spacial score (nSPS) is 18.3. The molecule has 0 unspecified atom stereocenters. The van der Waals surface area contributed by atoms with Gasteiger partial charge in [-0.25, -0.2) is 8.42 Å². The quantitative estimate of drug-likeness (QED) is 0.748. The van der Waals surface area contributed by atoms with E-state index in [1.165, 1.54) is 0 Å². The van der Waals surface area contributed by atoms with Gasteiger partial charge in [0.25, 0.3) is 0 Å². The summed E-state index contributed by atoms with van der Waals surface area (Å²) in [5.41, 5.74) is 0.926. The molecule has 0 bridgehead atoms. The molecule has 1 atom stereocenters. The van der Waals surface area contributed by atoms with Crippen molar-refractivity contribution in [3.05, 3.63) is 30.1 Å². The fraction of sp³-hybridized carbons (Fsp3) is 0.600. The summed E-state index contributed by atoms with van der Waals surface area (Å²) in [5.74, 6) is -0.836. The van der Waals surface area contributed by atoms with E-state index in [4.69, 9.17) is 4.74 Å². The molecular formula is C15H22N2O4S. The van der Waals surface area contributed by atoms with Gasteiger partial charge in [-0.1, -0.05) is 6.92 Å². The molecule has 0 N–H and O–H groups in total. The van der Waals surface area contributed by atoms with Gasteiger partial charge in [-0.3, -0.25) is 9.78 Å². The topological polar surface area (TPSA) is 76.6 Å². The molecular weight excluding hydrogens is 304 g/mol. The zero-order valence-electron chi connectivity index (χ0n) is 12.8. The van der Waals surface area contributed by atoms with Crippen molar-refractivity contribution >= 4 is 15.7 Å². The minimum absolute atomic E-state index is 0.00452. The second-order valence-electron chi connectivity index (χ2n) is 5.44. The number of hydrogen-bond acceptors (Lipinski definition) is 5. The van der Waals surface area contributed by atoms with Crippen molar-refractivity contribution in [2.45, 2.75) is 32.4 Å². The summed E-state index contributed by atoms with van der Waals surface area (Å²) in [6.07, 6.45) is 5.20. The first-order valence-corrected chi connectivity index (χ1v) is 9.31. The van der Waals surface area contributed by atoms with Gasteiger partial charge < -0.3 is 9.64 Å². The van der Waals surface area contributed by atoms with E-state index in [9.17, 15) is 13.2 Å². The Morgan fingerprint density at radius 2 is 2.14 bits per heavy atom. The largest absolute Gasteiger partial charge is 0.376 e. The van der Waals surface area contributed by atoms with Crippen molar-refractivity contribution in [3.63, 3.8) is 0 Å². The lowest BCUT2D eigenvalue weighted by Gasteiger charge is -2.25. The lowest BCUT2D eigenvalue weighted by Crippen LogP contribution is -2.40. The van der Waals surface area contributed by atoms with Gasteiger partial charge in [0.1, 0.15) is 5.75 Å². The number of carbonyl (C=O) groups excluding carboxylic acids is 1. The molecule has 22 heavy (non-hydrogen) atoms. The molecule has 1 aromatic heterocycles. The molecule has 7 heteroatoms. The van der Waals surface area contributed by atoms with Crippen molar-refractivity contribution in [1.29, 1.82) is 0 Å². The lowest BCUT2D eigenvalue weighted by molar-refractivity contribution is -0.130. The first kappa shape index (κ1) is 16.9. The Labute approximate surface area is 131 Å². The zero-order chi connectivity index (χ0) is 16.0. The van der Waals surface area contributed by atoms with Crippen LogP contribution in [0, 0.1) is 0 Å². The van der Waals surface area contributed by atoms with Crippen LogP contribution in [0.25, 0.3) is 0 Å². The SMILES string of the molecule is CCS(=O)(=O)CC(=O)N(Cc1ccncc1)C[C@@H]1CCCO1. The van der Waals surface area contributed by atoms with Crippen molar-refractivity contribution < 1.29 is 17.9 Å². The molecule has 2 rings (SSSR count). The van der Waals surface area contributed by atoms with Gasteiger partial charge >= 0.3 is 0 Å². The van der Waals surface area contributed by atoms with Crippen LogP contribution in [0.5, 0.6) is 0 Å². The molecule has 1 aliphatic heterocycles. The summed E-state index contributed by atoms with van der Waals surface area (Å²) in [4.78, 5) is 17.9. The van der Waals surface area contributed by atoms with Crippen LogP contribution in [0.3, 0.4) is 0 Å². The number of nitrogens with zero attached hydrogens (tertiary/aromatic N) is 2. The first-order valence-electron chi connectivity index (χ1n) is 7.49. The van der Waals surface area contributed by atoms with Crippen LogP contribution in [0.4, 0.5) is 0 Å². The number of pyridine rings is 1. The van der Waals surface area contributed by atoms with Crippen molar-refractivity contribution in [1.82, 2.24) is 9.88 Å². The Bertz CT molecular complexity index is 583. The predicted molar refractivity (Wildman–Crippen MR) is 83.0 cm³/mol. The Morgan fingerprint density at radius 1 is 1.41 bits per heavy atom. The van der Waals surface area contributed by atoms with Crippen molar-refractivity contribution in [2.75, 3.05) is 24.7 Å². The van der Waals surface area contributed by atoms with E-state index in [1.54, 1.807) is 24.2 Å². The van der Waals surface area contributed by atoms with E-state index in [-0.39, 0.29) is 17.8 Å². The highest BCUT2D eigenvalue weighted by atomic mass is 32.2. The van der Waals surface area contributed by atoms with E-state index in [0.717, 1.165) is 18.4 Å². The molecule has 122 valence electrons. The van der Waals surface area contributed by atoms with Crippen LogP contribution in [0.1, 0.15) is 25.3 Å². The fourth-order valence-electron chi connectivity index (χ4n) is 2.38. The van der Waals surface area contributed by atoms with E-state index in [1.807, 2.05) is 12.1 Å². The molecule has 0 radical (unpaired) electrons. The number of aromatic nitrogens is 1. The second kappa shape index (κ2) is 7.69. The fourth-order valence-corrected chi connectivity index (χ4v) is 3.14. The minimum Gasteiger partial charge on any atom is -0.376 e. The first-order chi connectivity index (χ1) is 10.5. The van der Waals surface area contributed by atoms with Gasteiger partial charge in [-0.05, 0) is 30.5 Å². The van der Waals surface area contributed by atoms with Crippen molar-refractivity contribution in [2.24, 2.45) is 0 Å². The number of rotatable bonds is 7. The smallest absolute Gasteiger partial charge is 0.238 e.